The Morgan fingerprint density at radius 1 is 1.36 bits per heavy atom. The molecule has 0 radical (unpaired) electrons. The number of nitrogens with one attached hydrogen (secondary N) is 1. The summed E-state index contributed by atoms with van der Waals surface area (Å²) in [6, 6.07) is 3.16. The molecule has 0 saturated heterocycles. The Hall–Kier alpha value is -2.25. The number of hydrogen-bond acceptors (Lipinski definition) is 6. The second-order valence-electron chi connectivity index (χ2n) is 5.25. The third kappa shape index (κ3) is 5.65. The van der Waals surface area contributed by atoms with Crippen LogP contribution in [0, 0.1) is 0 Å². The Labute approximate surface area is 150 Å². The molecule has 1 N–H and O–H groups in total. The van der Waals surface area contributed by atoms with Gasteiger partial charge in [0.2, 0.25) is 0 Å². The molecule has 0 saturated carbocycles. The molecule has 1 amide bonds. The number of ether oxygens (including phenoxy) is 4. The number of carbonyl (C=O) groups excluding carboxylic acids is 2. The van der Waals surface area contributed by atoms with E-state index in [1.54, 1.807) is 12.1 Å². The molecule has 0 aliphatic carbocycles. The second kappa shape index (κ2) is 9.29. The molecule has 0 spiro atoms. The highest BCUT2D eigenvalue weighted by Gasteiger charge is 2.18. The summed E-state index contributed by atoms with van der Waals surface area (Å²) in [4.78, 5) is 23.6. The zero-order valence-corrected chi connectivity index (χ0v) is 14.6. The Morgan fingerprint density at radius 3 is 2.72 bits per heavy atom. The van der Waals surface area contributed by atoms with E-state index in [0.717, 1.165) is 6.42 Å². The minimum absolute atomic E-state index is 0.218. The molecule has 1 aromatic carbocycles. The Bertz CT molecular complexity index is 648. The van der Waals surface area contributed by atoms with Crippen LogP contribution in [0.1, 0.15) is 13.3 Å². The van der Waals surface area contributed by atoms with E-state index in [9.17, 15) is 9.59 Å². The first kappa shape index (κ1) is 19.1. The van der Waals surface area contributed by atoms with Crippen LogP contribution < -0.4 is 14.8 Å². The van der Waals surface area contributed by atoms with Crippen LogP contribution in [0.4, 0.5) is 5.69 Å². The predicted octanol–water partition coefficient (Wildman–Crippen LogP) is 2.57. The summed E-state index contributed by atoms with van der Waals surface area (Å²) in [5, 5.41) is 2.88. The number of hydrogen-bond donors (Lipinski definition) is 1. The van der Waals surface area contributed by atoms with Gasteiger partial charge in [0, 0.05) is 18.6 Å². The molecule has 7 nitrogen and oxygen atoms in total. The van der Waals surface area contributed by atoms with Gasteiger partial charge in [0.1, 0.15) is 0 Å². The van der Waals surface area contributed by atoms with Gasteiger partial charge in [-0.1, -0.05) is 17.7 Å². The Kier molecular flexibility index (Phi) is 7.09. The smallest absolute Gasteiger partial charge is 0.335 e. The molecule has 2 rings (SSSR count). The van der Waals surface area contributed by atoms with Crippen molar-refractivity contribution in [2.75, 3.05) is 31.7 Å². The maximum atomic E-state index is 12.0. The topological polar surface area (TPSA) is 83.1 Å². The van der Waals surface area contributed by atoms with Gasteiger partial charge in [-0.3, -0.25) is 4.79 Å². The number of amides is 1. The van der Waals surface area contributed by atoms with Crippen LogP contribution in [-0.4, -0.2) is 44.4 Å². The lowest BCUT2D eigenvalue weighted by atomic mass is 10.2. The number of esters is 1. The molecule has 1 aliphatic heterocycles. The van der Waals surface area contributed by atoms with Gasteiger partial charge in [-0.05, 0) is 6.92 Å². The fourth-order valence-electron chi connectivity index (χ4n) is 2.00. The van der Waals surface area contributed by atoms with E-state index >= 15 is 0 Å². The van der Waals surface area contributed by atoms with E-state index in [0.29, 0.717) is 35.4 Å². The van der Waals surface area contributed by atoms with E-state index in [4.69, 9.17) is 30.5 Å². The van der Waals surface area contributed by atoms with E-state index in [2.05, 4.69) is 11.9 Å². The van der Waals surface area contributed by atoms with Crippen molar-refractivity contribution in [2.45, 2.75) is 19.4 Å². The number of halogens is 1. The highest BCUT2D eigenvalue weighted by atomic mass is 35.5. The van der Waals surface area contributed by atoms with Crippen LogP contribution in [0.15, 0.2) is 24.8 Å². The van der Waals surface area contributed by atoms with Gasteiger partial charge in [-0.2, -0.15) is 0 Å². The normalized spacial score (nSPS) is 14.2. The summed E-state index contributed by atoms with van der Waals surface area (Å²) in [5.74, 6) is -0.136. The standard InChI is InChI=1S/C17H20ClNO6/c1-3-5-22-11(2)17(21)25-10-16(20)19-13-9-15-14(8-12(13)18)23-6-4-7-24-15/h3,8-9,11H,1,4-7,10H2,2H3,(H,19,20). The van der Waals surface area contributed by atoms with Gasteiger partial charge in [0.05, 0.1) is 30.5 Å². The molecule has 0 aromatic heterocycles. The molecule has 25 heavy (non-hydrogen) atoms. The zero-order valence-electron chi connectivity index (χ0n) is 13.9. The first-order valence-corrected chi connectivity index (χ1v) is 8.17. The molecule has 8 heteroatoms. The molecule has 1 heterocycles. The SMILES string of the molecule is C=CCOC(C)C(=O)OCC(=O)Nc1cc2c(cc1Cl)OCCCO2. The van der Waals surface area contributed by atoms with E-state index in [1.807, 2.05) is 0 Å². The van der Waals surface area contributed by atoms with Crippen molar-refractivity contribution in [1.29, 1.82) is 0 Å². The third-order valence-electron chi connectivity index (χ3n) is 3.25. The van der Waals surface area contributed by atoms with Crippen molar-refractivity contribution < 1.29 is 28.5 Å². The number of benzene rings is 1. The number of rotatable bonds is 7. The first-order chi connectivity index (χ1) is 12.0. The summed E-state index contributed by atoms with van der Waals surface area (Å²) in [5.41, 5.74) is 0.350. The van der Waals surface area contributed by atoms with Gasteiger partial charge >= 0.3 is 5.97 Å². The number of carbonyl (C=O) groups is 2. The van der Waals surface area contributed by atoms with Gasteiger partial charge < -0.3 is 24.3 Å². The maximum absolute atomic E-state index is 12.0. The highest BCUT2D eigenvalue weighted by Crippen LogP contribution is 2.37. The molecular weight excluding hydrogens is 350 g/mol. The zero-order chi connectivity index (χ0) is 18.2. The summed E-state index contributed by atoms with van der Waals surface area (Å²) < 4.78 is 21.1. The molecule has 1 aromatic rings. The van der Waals surface area contributed by atoms with E-state index < -0.39 is 24.6 Å². The summed E-state index contributed by atoms with van der Waals surface area (Å²) >= 11 is 6.14. The molecule has 136 valence electrons. The molecule has 0 fully saturated rings. The van der Waals surface area contributed by atoms with Crippen molar-refractivity contribution in [1.82, 2.24) is 0 Å². The van der Waals surface area contributed by atoms with Crippen LogP contribution in [0.25, 0.3) is 0 Å². The molecule has 1 unspecified atom stereocenters. The molecular formula is C17H20ClNO6. The monoisotopic (exact) mass is 369 g/mol. The van der Waals surface area contributed by atoms with Crippen LogP contribution in [0.5, 0.6) is 11.5 Å². The van der Waals surface area contributed by atoms with Crippen molar-refractivity contribution >= 4 is 29.2 Å². The van der Waals surface area contributed by atoms with Crippen molar-refractivity contribution in [3.8, 4) is 11.5 Å². The van der Waals surface area contributed by atoms with Crippen LogP contribution in [0.2, 0.25) is 5.02 Å². The van der Waals surface area contributed by atoms with Crippen LogP contribution in [0.3, 0.4) is 0 Å². The van der Waals surface area contributed by atoms with Crippen molar-refractivity contribution in [2.24, 2.45) is 0 Å². The number of fused-ring (bicyclic) bond motifs is 1. The van der Waals surface area contributed by atoms with Crippen molar-refractivity contribution in [3.05, 3.63) is 29.8 Å². The Balaban J connectivity index is 1.91. The lowest BCUT2D eigenvalue weighted by Crippen LogP contribution is -2.28. The number of anilines is 1. The van der Waals surface area contributed by atoms with Gasteiger partial charge in [-0.25, -0.2) is 4.79 Å². The average molecular weight is 370 g/mol. The van der Waals surface area contributed by atoms with E-state index in [1.165, 1.54) is 13.0 Å². The predicted molar refractivity (Wildman–Crippen MR) is 92.3 cm³/mol. The van der Waals surface area contributed by atoms with Crippen molar-refractivity contribution in [3.63, 3.8) is 0 Å². The molecule has 1 aliphatic rings. The third-order valence-corrected chi connectivity index (χ3v) is 3.57. The fraction of sp³-hybridized carbons (Fsp3) is 0.412. The highest BCUT2D eigenvalue weighted by molar-refractivity contribution is 6.34. The van der Waals surface area contributed by atoms with Gasteiger partial charge in [0.25, 0.3) is 5.91 Å². The average Bonchev–Trinajstić information content (AvgIpc) is 2.82. The van der Waals surface area contributed by atoms with Gasteiger partial charge in [-0.15, -0.1) is 6.58 Å². The van der Waals surface area contributed by atoms with E-state index in [-0.39, 0.29) is 6.61 Å². The molecule has 1 atom stereocenters. The summed E-state index contributed by atoms with van der Waals surface area (Å²) in [7, 11) is 0. The lowest BCUT2D eigenvalue weighted by molar-refractivity contribution is -0.157. The quantitative estimate of drug-likeness (QED) is 0.587. The Morgan fingerprint density at radius 2 is 2.04 bits per heavy atom. The first-order valence-electron chi connectivity index (χ1n) is 7.79. The minimum Gasteiger partial charge on any atom is -0.490 e. The lowest BCUT2D eigenvalue weighted by Gasteiger charge is -2.13. The summed E-state index contributed by atoms with van der Waals surface area (Å²) in [6.45, 7) is 5.84. The van der Waals surface area contributed by atoms with Crippen LogP contribution in [-0.2, 0) is 19.1 Å². The van der Waals surface area contributed by atoms with Gasteiger partial charge in [0.15, 0.2) is 24.2 Å². The minimum atomic E-state index is -0.785. The molecule has 0 bridgehead atoms. The maximum Gasteiger partial charge on any atom is 0.335 e. The second-order valence-corrected chi connectivity index (χ2v) is 5.66. The summed E-state index contributed by atoms with van der Waals surface area (Å²) in [6.07, 6.45) is 1.49. The fourth-order valence-corrected chi connectivity index (χ4v) is 2.20. The van der Waals surface area contributed by atoms with Crippen LogP contribution >= 0.6 is 11.6 Å². The largest absolute Gasteiger partial charge is 0.490 e.